The fourth-order valence-electron chi connectivity index (χ4n) is 6.20. The normalized spacial score (nSPS) is 18.9. The maximum atomic E-state index is 14.3. The Labute approximate surface area is 257 Å². The zero-order valence-corrected chi connectivity index (χ0v) is 26.1. The highest BCUT2D eigenvalue weighted by Gasteiger charge is 2.47. The van der Waals surface area contributed by atoms with Gasteiger partial charge in [0.1, 0.15) is 23.1 Å². The van der Waals surface area contributed by atoms with E-state index in [-0.39, 0.29) is 28.4 Å². The van der Waals surface area contributed by atoms with Gasteiger partial charge in [-0.2, -0.15) is 0 Å². The second kappa shape index (κ2) is 12.0. The third kappa shape index (κ3) is 5.23. The van der Waals surface area contributed by atoms with E-state index in [4.69, 9.17) is 23.7 Å². The maximum absolute atomic E-state index is 14.3. The van der Waals surface area contributed by atoms with Gasteiger partial charge in [-0.1, -0.05) is 44.2 Å². The van der Waals surface area contributed by atoms with Crippen LogP contribution in [0.3, 0.4) is 0 Å². The number of hydrogen-bond acceptors (Lipinski definition) is 8. The van der Waals surface area contributed by atoms with E-state index in [1.807, 2.05) is 32.0 Å². The molecule has 1 aliphatic heterocycles. The van der Waals surface area contributed by atoms with Crippen LogP contribution in [0.1, 0.15) is 43.7 Å². The number of aliphatic hydroxyl groups excluding tert-OH is 1. The summed E-state index contributed by atoms with van der Waals surface area (Å²) in [6.45, 7) is 4.08. The number of ketones is 1. The smallest absolute Gasteiger partial charge is 0.203 e. The number of rotatable bonds is 8. The highest BCUT2D eigenvalue weighted by Crippen LogP contribution is 2.54. The second-order valence-corrected chi connectivity index (χ2v) is 11.5. The molecule has 1 unspecified atom stereocenters. The van der Waals surface area contributed by atoms with Crippen LogP contribution < -0.4 is 28.6 Å². The number of carbonyl (C=O) groups excluding carboxylic acids is 1. The molecule has 230 valence electrons. The monoisotopic (exact) mass is 598 g/mol. The number of benzene rings is 3. The van der Waals surface area contributed by atoms with Gasteiger partial charge in [-0.25, -0.2) is 0 Å². The van der Waals surface area contributed by atoms with Gasteiger partial charge < -0.3 is 28.8 Å². The van der Waals surface area contributed by atoms with Crippen molar-refractivity contribution in [3.05, 3.63) is 88.6 Å². The molecular formula is C35H38N2O7. The Bertz CT molecular complexity index is 1650. The number of amidine groups is 1. The van der Waals surface area contributed by atoms with Crippen molar-refractivity contribution in [2.24, 2.45) is 5.41 Å². The Kier molecular flexibility index (Phi) is 8.32. The Morgan fingerprint density at radius 3 is 2.05 bits per heavy atom. The standard InChI is InChI=1S/C35H38N2O7/c1-35(2)18-24-30(25(38)19-35)29(21-15-27(42-5)33(44-7)28(16-21)43-6)31(32(39)20-11-9-8-10-12-20)34(36)37(24)23-17-22(40-3)13-14-26(23)41-4/h8-17,29,36,39H,18-19H2,1-7H3. The molecule has 0 fully saturated rings. The molecule has 0 amide bonds. The molecule has 44 heavy (non-hydrogen) atoms. The third-order valence-corrected chi connectivity index (χ3v) is 8.17. The van der Waals surface area contributed by atoms with Crippen LogP contribution >= 0.6 is 0 Å². The summed E-state index contributed by atoms with van der Waals surface area (Å²) in [5, 5.41) is 21.8. The minimum absolute atomic E-state index is 0.000841. The molecule has 0 saturated heterocycles. The van der Waals surface area contributed by atoms with Crippen LogP contribution in [-0.2, 0) is 4.79 Å². The summed E-state index contributed by atoms with van der Waals surface area (Å²) in [5.41, 5.74) is 2.65. The Balaban J connectivity index is 1.92. The van der Waals surface area contributed by atoms with E-state index in [0.29, 0.717) is 69.7 Å². The van der Waals surface area contributed by atoms with E-state index in [2.05, 4.69) is 0 Å². The number of allylic oxidation sites excluding steroid dienone is 2. The van der Waals surface area contributed by atoms with Crippen molar-refractivity contribution in [1.29, 1.82) is 5.41 Å². The summed E-state index contributed by atoms with van der Waals surface area (Å²) in [7, 11) is 7.70. The lowest BCUT2D eigenvalue weighted by Crippen LogP contribution is -2.45. The van der Waals surface area contributed by atoms with E-state index in [1.165, 1.54) is 21.3 Å². The lowest BCUT2D eigenvalue weighted by molar-refractivity contribution is -0.118. The fourth-order valence-corrected chi connectivity index (χ4v) is 6.20. The van der Waals surface area contributed by atoms with Crippen LogP contribution in [0.5, 0.6) is 28.7 Å². The number of carbonyl (C=O) groups is 1. The summed E-state index contributed by atoms with van der Waals surface area (Å²) >= 11 is 0. The second-order valence-electron chi connectivity index (χ2n) is 11.5. The number of nitrogens with zero attached hydrogens (tertiary/aromatic N) is 1. The lowest BCUT2D eigenvalue weighted by atomic mass is 9.67. The first-order valence-electron chi connectivity index (χ1n) is 14.2. The van der Waals surface area contributed by atoms with Gasteiger partial charge in [0.25, 0.3) is 0 Å². The zero-order valence-electron chi connectivity index (χ0n) is 26.1. The molecule has 1 atom stereocenters. The summed E-state index contributed by atoms with van der Waals surface area (Å²) in [4.78, 5) is 16.0. The molecule has 0 saturated carbocycles. The Morgan fingerprint density at radius 2 is 1.48 bits per heavy atom. The Morgan fingerprint density at radius 1 is 0.841 bits per heavy atom. The first kappa shape index (κ1) is 30.5. The number of ether oxygens (including phenoxy) is 5. The minimum Gasteiger partial charge on any atom is -0.507 e. The molecule has 0 radical (unpaired) electrons. The van der Waals surface area contributed by atoms with Crippen LogP contribution in [0.25, 0.3) is 5.76 Å². The predicted molar refractivity (Wildman–Crippen MR) is 170 cm³/mol. The maximum Gasteiger partial charge on any atom is 0.203 e. The van der Waals surface area contributed by atoms with Crippen molar-refractivity contribution in [2.45, 2.75) is 32.6 Å². The molecule has 3 aromatic carbocycles. The summed E-state index contributed by atoms with van der Waals surface area (Å²) < 4.78 is 28.2. The largest absolute Gasteiger partial charge is 0.507 e. The SMILES string of the molecule is COc1ccc(OC)c(N2C(=N)C(=C(O)c3ccccc3)C(c3cc(OC)c(OC)c(OC)c3)C3=C2CC(C)(C)CC3=O)c1. The van der Waals surface area contributed by atoms with E-state index in [1.54, 1.807) is 61.6 Å². The van der Waals surface area contributed by atoms with Gasteiger partial charge in [-0.05, 0) is 41.7 Å². The minimum atomic E-state index is -0.817. The molecule has 0 spiro atoms. The molecule has 9 nitrogen and oxygen atoms in total. The van der Waals surface area contributed by atoms with Crippen molar-refractivity contribution >= 4 is 23.1 Å². The third-order valence-electron chi connectivity index (χ3n) is 8.17. The van der Waals surface area contributed by atoms with Crippen molar-refractivity contribution in [1.82, 2.24) is 0 Å². The molecule has 3 aromatic rings. The number of hydrogen-bond donors (Lipinski definition) is 2. The first-order valence-corrected chi connectivity index (χ1v) is 14.2. The lowest BCUT2D eigenvalue weighted by Gasteiger charge is -2.45. The van der Waals surface area contributed by atoms with Gasteiger partial charge in [0, 0.05) is 40.8 Å². The fraction of sp³-hybridized carbons (Fsp3) is 0.314. The van der Waals surface area contributed by atoms with Gasteiger partial charge >= 0.3 is 0 Å². The number of nitrogens with one attached hydrogen (secondary N) is 1. The number of Topliss-reactive ketones (excluding diaryl/α,β-unsaturated/α-hetero) is 1. The van der Waals surface area contributed by atoms with Gasteiger partial charge in [0.2, 0.25) is 5.75 Å². The molecule has 5 rings (SSSR count). The number of anilines is 1. The van der Waals surface area contributed by atoms with Crippen molar-refractivity contribution in [2.75, 3.05) is 40.4 Å². The quantitative estimate of drug-likeness (QED) is 0.269. The average Bonchev–Trinajstić information content (AvgIpc) is 3.02. The van der Waals surface area contributed by atoms with Gasteiger partial charge in [0.15, 0.2) is 17.3 Å². The van der Waals surface area contributed by atoms with Crippen LogP contribution in [0, 0.1) is 10.8 Å². The summed E-state index contributed by atoms with van der Waals surface area (Å²) in [5.74, 6) is 1.23. The number of methoxy groups -OCH3 is 5. The van der Waals surface area contributed by atoms with Crippen molar-refractivity contribution < 1.29 is 33.6 Å². The molecule has 2 aliphatic rings. The zero-order chi connectivity index (χ0) is 31.8. The van der Waals surface area contributed by atoms with Crippen molar-refractivity contribution in [3.8, 4) is 28.7 Å². The Hall–Kier alpha value is -4.92. The summed E-state index contributed by atoms with van der Waals surface area (Å²) in [6.07, 6.45) is 0.791. The van der Waals surface area contributed by atoms with Gasteiger partial charge in [-0.3, -0.25) is 15.1 Å². The summed E-state index contributed by atoms with van der Waals surface area (Å²) in [6, 6.07) is 17.9. The molecular weight excluding hydrogens is 560 g/mol. The number of aliphatic hydroxyl groups is 1. The van der Waals surface area contributed by atoms with Crippen LogP contribution in [0.4, 0.5) is 5.69 Å². The van der Waals surface area contributed by atoms with E-state index in [9.17, 15) is 15.3 Å². The van der Waals surface area contributed by atoms with Crippen molar-refractivity contribution in [3.63, 3.8) is 0 Å². The predicted octanol–water partition coefficient (Wildman–Crippen LogP) is 6.92. The first-order chi connectivity index (χ1) is 21.1. The van der Waals surface area contributed by atoms with E-state index in [0.717, 1.165) is 0 Å². The van der Waals surface area contributed by atoms with E-state index < -0.39 is 5.92 Å². The van der Waals surface area contributed by atoms with Crippen LogP contribution in [0.2, 0.25) is 0 Å². The molecule has 9 heteroatoms. The van der Waals surface area contributed by atoms with Crippen LogP contribution in [0.15, 0.2) is 77.5 Å². The van der Waals surface area contributed by atoms with Crippen LogP contribution in [-0.4, -0.2) is 52.3 Å². The molecule has 1 heterocycles. The molecule has 2 N–H and O–H groups in total. The molecule has 0 bridgehead atoms. The van der Waals surface area contributed by atoms with Gasteiger partial charge in [-0.15, -0.1) is 0 Å². The molecule has 1 aliphatic carbocycles. The average molecular weight is 599 g/mol. The highest BCUT2D eigenvalue weighted by atomic mass is 16.5. The molecule has 0 aromatic heterocycles. The highest BCUT2D eigenvalue weighted by molar-refractivity contribution is 6.20. The van der Waals surface area contributed by atoms with Gasteiger partial charge in [0.05, 0.1) is 41.2 Å². The topological polar surface area (TPSA) is 111 Å². The van der Waals surface area contributed by atoms with E-state index >= 15 is 0 Å².